The van der Waals surface area contributed by atoms with Gasteiger partial charge in [0.05, 0.1) is 30.5 Å². The molecule has 1 aliphatic rings. The minimum absolute atomic E-state index is 0.00457. The number of nitrogens with zero attached hydrogens (tertiary/aromatic N) is 4. The number of ether oxygens (including phenoxy) is 1. The third-order valence-electron chi connectivity index (χ3n) is 6.60. The van der Waals surface area contributed by atoms with Gasteiger partial charge in [0.1, 0.15) is 23.1 Å². The smallest absolute Gasteiger partial charge is 0.301 e. The van der Waals surface area contributed by atoms with E-state index in [9.17, 15) is 19.0 Å². The van der Waals surface area contributed by atoms with Gasteiger partial charge in [-0.25, -0.2) is 9.37 Å². The van der Waals surface area contributed by atoms with E-state index in [1.54, 1.807) is 13.8 Å². The molecule has 3 N–H and O–H groups in total. The summed E-state index contributed by atoms with van der Waals surface area (Å²) in [7, 11) is 1.53. The van der Waals surface area contributed by atoms with Crippen molar-refractivity contribution in [1.82, 2.24) is 15.2 Å². The monoisotopic (exact) mass is 505 g/mol. The first-order valence-corrected chi connectivity index (χ1v) is 11.8. The quantitative estimate of drug-likeness (QED) is 0.441. The molecule has 3 heterocycles. The number of aliphatic hydroxyl groups excluding tert-OH is 2. The van der Waals surface area contributed by atoms with Crippen molar-refractivity contribution < 1.29 is 28.1 Å². The van der Waals surface area contributed by atoms with E-state index in [1.807, 2.05) is 6.07 Å². The summed E-state index contributed by atoms with van der Waals surface area (Å²) in [5.74, 6) is -4.12. The molecule has 1 aromatic carbocycles. The SMILES string of the molecule is COc1nc2c(C)nnc(N[C@H](C)c3cccc(C(F)(F)C(C)O)c3F)c2cc1N1CCC(O)CC1. The molecule has 2 atom stereocenters. The minimum Gasteiger partial charge on any atom is -0.480 e. The molecule has 194 valence electrons. The van der Waals surface area contributed by atoms with Crippen LogP contribution in [-0.2, 0) is 5.92 Å². The van der Waals surface area contributed by atoms with Crippen LogP contribution in [-0.4, -0.2) is 57.8 Å². The maximum atomic E-state index is 15.2. The van der Waals surface area contributed by atoms with Crippen LogP contribution in [0.4, 0.5) is 24.7 Å². The zero-order valence-electron chi connectivity index (χ0n) is 20.6. The van der Waals surface area contributed by atoms with Gasteiger partial charge in [0.25, 0.3) is 0 Å². The van der Waals surface area contributed by atoms with E-state index >= 15 is 4.39 Å². The van der Waals surface area contributed by atoms with E-state index in [4.69, 9.17) is 4.74 Å². The summed E-state index contributed by atoms with van der Waals surface area (Å²) in [5.41, 5.74) is 0.948. The van der Waals surface area contributed by atoms with Crippen molar-refractivity contribution in [3.8, 4) is 5.88 Å². The fourth-order valence-corrected chi connectivity index (χ4v) is 4.41. The topological polar surface area (TPSA) is 104 Å². The Kier molecular flexibility index (Phi) is 7.24. The fraction of sp³-hybridized carbons (Fsp3) is 0.480. The van der Waals surface area contributed by atoms with Crippen LogP contribution in [0.2, 0.25) is 0 Å². The zero-order valence-corrected chi connectivity index (χ0v) is 20.6. The van der Waals surface area contributed by atoms with Crippen LogP contribution in [0.25, 0.3) is 10.9 Å². The molecule has 0 bridgehead atoms. The summed E-state index contributed by atoms with van der Waals surface area (Å²) in [6, 6.07) is 4.81. The summed E-state index contributed by atoms with van der Waals surface area (Å²) in [5, 5.41) is 31.5. The molecule has 1 fully saturated rings. The van der Waals surface area contributed by atoms with Crippen molar-refractivity contribution in [2.75, 3.05) is 30.4 Å². The van der Waals surface area contributed by atoms with E-state index in [0.717, 1.165) is 18.7 Å². The second-order valence-corrected chi connectivity index (χ2v) is 9.14. The third-order valence-corrected chi connectivity index (χ3v) is 6.60. The van der Waals surface area contributed by atoms with Gasteiger partial charge in [-0.05, 0) is 45.7 Å². The van der Waals surface area contributed by atoms with Crippen LogP contribution in [0.15, 0.2) is 24.3 Å². The number of aliphatic hydroxyl groups is 2. The number of fused-ring (bicyclic) bond motifs is 1. The third kappa shape index (κ3) is 4.77. The molecule has 1 aliphatic heterocycles. The Bertz CT molecular complexity index is 1250. The van der Waals surface area contributed by atoms with Gasteiger partial charge >= 0.3 is 5.92 Å². The van der Waals surface area contributed by atoms with Crippen molar-refractivity contribution in [3.05, 3.63) is 46.9 Å². The average Bonchev–Trinajstić information content (AvgIpc) is 2.85. The minimum atomic E-state index is -3.74. The van der Waals surface area contributed by atoms with Crippen LogP contribution in [0.5, 0.6) is 5.88 Å². The molecule has 36 heavy (non-hydrogen) atoms. The number of alkyl halides is 2. The van der Waals surface area contributed by atoms with Crippen LogP contribution in [0.3, 0.4) is 0 Å². The summed E-state index contributed by atoms with van der Waals surface area (Å²) < 4.78 is 49.5. The predicted molar refractivity (Wildman–Crippen MR) is 130 cm³/mol. The predicted octanol–water partition coefficient (Wildman–Crippen LogP) is 4.09. The number of pyridine rings is 1. The van der Waals surface area contributed by atoms with E-state index in [1.165, 1.54) is 19.2 Å². The first kappa shape index (κ1) is 25.9. The lowest BCUT2D eigenvalue weighted by Crippen LogP contribution is -2.36. The number of piperidine rings is 1. The molecular weight excluding hydrogens is 475 g/mol. The van der Waals surface area contributed by atoms with Crippen molar-refractivity contribution in [2.45, 2.75) is 57.8 Å². The molecule has 0 aliphatic carbocycles. The summed E-state index contributed by atoms with van der Waals surface area (Å²) in [6.07, 6.45) is -1.17. The number of hydrogen-bond donors (Lipinski definition) is 3. The molecule has 0 saturated carbocycles. The Hall–Kier alpha value is -3.18. The highest BCUT2D eigenvalue weighted by molar-refractivity contribution is 5.93. The Balaban J connectivity index is 1.74. The van der Waals surface area contributed by atoms with Gasteiger partial charge in [0.2, 0.25) is 5.88 Å². The Morgan fingerprint density at radius 1 is 1.19 bits per heavy atom. The van der Waals surface area contributed by atoms with Crippen molar-refractivity contribution >= 4 is 22.4 Å². The molecule has 4 rings (SSSR count). The van der Waals surface area contributed by atoms with Gasteiger partial charge in [0, 0.05) is 24.0 Å². The van der Waals surface area contributed by atoms with Crippen molar-refractivity contribution in [2.24, 2.45) is 0 Å². The number of rotatable bonds is 7. The largest absolute Gasteiger partial charge is 0.480 e. The van der Waals surface area contributed by atoms with Crippen molar-refractivity contribution in [3.63, 3.8) is 0 Å². The molecular formula is C25H30F3N5O3. The molecule has 0 amide bonds. The van der Waals surface area contributed by atoms with Crippen molar-refractivity contribution in [1.29, 1.82) is 0 Å². The lowest BCUT2D eigenvalue weighted by atomic mass is 9.97. The molecule has 1 saturated heterocycles. The summed E-state index contributed by atoms with van der Waals surface area (Å²) in [4.78, 5) is 6.71. The van der Waals surface area contributed by atoms with Gasteiger partial charge in [-0.3, -0.25) is 0 Å². The fourth-order valence-electron chi connectivity index (χ4n) is 4.41. The number of aromatic nitrogens is 3. The van der Waals surface area contributed by atoms with Gasteiger partial charge in [-0.2, -0.15) is 13.9 Å². The van der Waals surface area contributed by atoms with Crippen LogP contribution in [0.1, 0.15) is 49.6 Å². The van der Waals surface area contributed by atoms with Gasteiger partial charge in [-0.15, -0.1) is 5.10 Å². The normalized spacial score (nSPS) is 16.8. The highest BCUT2D eigenvalue weighted by atomic mass is 19.3. The van der Waals surface area contributed by atoms with E-state index in [0.29, 0.717) is 54.2 Å². The number of aryl methyl sites for hydroxylation is 1. The van der Waals surface area contributed by atoms with E-state index in [-0.39, 0.29) is 11.7 Å². The zero-order chi connectivity index (χ0) is 26.2. The summed E-state index contributed by atoms with van der Waals surface area (Å²) >= 11 is 0. The first-order chi connectivity index (χ1) is 17.0. The maximum Gasteiger partial charge on any atom is 0.301 e. The number of hydrogen-bond acceptors (Lipinski definition) is 8. The van der Waals surface area contributed by atoms with E-state index in [2.05, 4.69) is 25.4 Å². The Labute approximate surface area is 207 Å². The number of methoxy groups -OCH3 is 1. The van der Waals surface area contributed by atoms with Gasteiger partial charge < -0.3 is 25.2 Å². The number of halogens is 3. The molecule has 8 nitrogen and oxygen atoms in total. The number of nitrogens with one attached hydrogen (secondary N) is 1. The molecule has 2 aromatic heterocycles. The van der Waals surface area contributed by atoms with E-state index < -0.39 is 29.4 Å². The second-order valence-electron chi connectivity index (χ2n) is 9.14. The maximum absolute atomic E-state index is 15.2. The molecule has 0 radical (unpaired) electrons. The Morgan fingerprint density at radius 3 is 2.53 bits per heavy atom. The highest BCUT2D eigenvalue weighted by Gasteiger charge is 2.40. The molecule has 1 unspecified atom stereocenters. The second kappa shape index (κ2) is 10.1. The highest BCUT2D eigenvalue weighted by Crippen LogP contribution is 2.38. The number of benzene rings is 1. The standard InChI is InChI=1S/C25H30F3N5O3/c1-13(17-6-5-7-19(21(17)26)25(27,28)15(3)34)29-23-18-12-20(33-10-8-16(35)9-11-33)24(36-4)30-22(18)14(2)31-32-23/h5-7,12-13,15-16,34-35H,8-11H2,1-4H3,(H,29,32)/t13-,15?/m1/s1. The van der Waals surface area contributed by atoms with Crippen LogP contribution >= 0.6 is 0 Å². The lowest BCUT2D eigenvalue weighted by molar-refractivity contribution is -0.108. The molecule has 0 spiro atoms. The molecule has 3 aromatic rings. The summed E-state index contributed by atoms with van der Waals surface area (Å²) in [6.45, 7) is 5.55. The van der Waals surface area contributed by atoms with Crippen LogP contribution in [0, 0.1) is 12.7 Å². The van der Waals surface area contributed by atoms with Gasteiger partial charge in [0.15, 0.2) is 5.82 Å². The lowest BCUT2D eigenvalue weighted by Gasteiger charge is -2.32. The van der Waals surface area contributed by atoms with Crippen LogP contribution < -0.4 is 15.0 Å². The Morgan fingerprint density at radius 2 is 1.89 bits per heavy atom. The first-order valence-electron chi connectivity index (χ1n) is 11.8. The average molecular weight is 506 g/mol. The van der Waals surface area contributed by atoms with Gasteiger partial charge in [-0.1, -0.05) is 12.1 Å². The molecule has 11 heteroatoms. The number of anilines is 2.